The van der Waals surface area contributed by atoms with Crippen molar-refractivity contribution in [2.75, 3.05) is 6.61 Å². The van der Waals surface area contributed by atoms with E-state index < -0.39 is 45.3 Å². The van der Waals surface area contributed by atoms with E-state index in [2.05, 4.69) is 19.5 Å². The maximum atomic E-state index is 10.8. The molecule has 4 rings (SSSR count). The van der Waals surface area contributed by atoms with Gasteiger partial charge in [0.05, 0.1) is 19.0 Å². The molecule has 26 heavy (non-hydrogen) atoms. The van der Waals surface area contributed by atoms with E-state index in [1.165, 1.54) is 22.1 Å². The molecule has 5 N–H and O–H groups in total. The third kappa shape index (κ3) is 2.98. The van der Waals surface area contributed by atoms with Gasteiger partial charge >= 0.3 is 7.82 Å². The summed E-state index contributed by atoms with van der Waals surface area (Å²) in [6.07, 6.45) is -2.32. The number of aliphatic hydroxyl groups excluding tert-OH is 3. The third-order valence-corrected chi connectivity index (χ3v) is 4.74. The minimum atomic E-state index is -4.67. The molecule has 13 nitrogen and oxygen atoms in total. The second-order valence-electron chi connectivity index (χ2n) is 5.97. The predicted molar refractivity (Wildman–Crippen MR) is 83.3 cm³/mol. The van der Waals surface area contributed by atoms with Gasteiger partial charge in [-0.05, 0) is 0 Å². The Bertz CT molecular complexity index is 821. The molecule has 1 fully saturated rings. The van der Waals surface area contributed by atoms with Gasteiger partial charge < -0.3 is 29.8 Å². The van der Waals surface area contributed by atoms with E-state index in [1.807, 2.05) is 0 Å². The molecule has 3 aliphatic heterocycles. The number of hydrogen-bond acceptors (Lipinski definition) is 10. The minimum Gasteiger partial charge on any atom is -0.390 e. The van der Waals surface area contributed by atoms with Crippen LogP contribution in [0.1, 0.15) is 18.3 Å². The van der Waals surface area contributed by atoms with E-state index in [4.69, 9.17) is 14.5 Å². The summed E-state index contributed by atoms with van der Waals surface area (Å²) in [5.74, 6) is 0.615. The quantitative estimate of drug-likeness (QED) is 0.362. The average molecular weight is 389 g/mol. The van der Waals surface area contributed by atoms with Crippen LogP contribution in [0.15, 0.2) is 16.3 Å². The summed E-state index contributed by atoms with van der Waals surface area (Å²) in [5, 5.41) is 29.5. The molecule has 1 saturated heterocycles. The summed E-state index contributed by atoms with van der Waals surface area (Å²) in [4.78, 5) is 31.1. The van der Waals surface area contributed by atoms with Gasteiger partial charge in [0, 0.05) is 6.42 Å². The standard InChI is InChI=1S/C12H16N5O8P/c18-5-1-7(25-6(5)2-24-26(21,22)23)16-3-13-8-9(16)14-4-17-10(8)15-11(19)12(17)20/h3-7,11-12,18-20H,1-2H2,(H2,21,22,23)/t5-,6+,7+,11-,12-/m0/s1. The first kappa shape index (κ1) is 17.7. The number of phosphoric ester groups is 1. The van der Waals surface area contributed by atoms with Crippen molar-refractivity contribution in [3.63, 3.8) is 0 Å². The molecule has 4 heterocycles. The van der Waals surface area contributed by atoms with Gasteiger partial charge in [0.15, 0.2) is 29.8 Å². The number of aliphatic hydroxyl groups is 3. The van der Waals surface area contributed by atoms with Crippen LogP contribution in [-0.2, 0) is 13.8 Å². The van der Waals surface area contributed by atoms with Crippen LogP contribution < -0.4 is 0 Å². The largest absolute Gasteiger partial charge is 0.469 e. The number of rotatable bonds is 4. The lowest BCUT2D eigenvalue weighted by Crippen LogP contribution is -2.40. The first-order valence-corrected chi connectivity index (χ1v) is 9.15. The van der Waals surface area contributed by atoms with E-state index in [0.29, 0.717) is 11.5 Å². The van der Waals surface area contributed by atoms with E-state index in [-0.39, 0.29) is 12.3 Å². The molecular formula is C12H16N5O8P. The summed E-state index contributed by atoms with van der Waals surface area (Å²) in [7, 11) is -4.67. The summed E-state index contributed by atoms with van der Waals surface area (Å²) in [6.45, 7) is -0.471. The molecule has 14 heteroatoms. The van der Waals surface area contributed by atoms with E-state index in [9.17, 15) is 19.9 Å². The van der Waals surface area contributed by atoms with E-state index in [0.717, 1.165) is 0 Å². The fourth-order valence-electron chi connectivity index (χ4n) is 3.01. The maximum Gasteiger partial charge on any atom is 0.469 e. The van der Waals surface area contributed by atoms with Crippen molar-refractivity contribution in [1.29, 1.82) is 0 Å². The fourth-order valence-corrected chi connectivity index (χ4v) is 3.35. The maximum absolute atomic E-state index is 10.8. The second kappa shape index (κ2) is 6.18. The molecule has 1 aromatic rings. The fraction of sp³-hybridized carbons (Fsp3) is 0.583. The Labute approximate surface area is 146 Å². The molecule has 142 valence electrons. The third-order valence-electron chi connectivity index (χ3n) is 4.26. The van der Waals surface area contributed by atoms with Crippen LogP contribution in [0.4, 0.5) is 5.82 Å². The highest BCUT2D eigenvalue weighted by Crippen LogP contribution is 2.40. The van der Waals surface area contributed by atoms with E-state index >= 15 is 0 Å². The first-order chi connectivity index (χ1) is 12.2. The highest BCUT2D eigenvalue weighted by Gasteiger charge is 2.41. The molecule has 0 aromatic carbocycles. The number of aliphatic imine (C=N–C) groups is 2. The zero-order chi connectivity index (χ0) is 18.6. The Morgan fingerprint density at radius 1 is 1.35 bits per heavy atom. The first-order valence-electron chi connectivity index (χ1n) is 7.62. The topological polar surface area (TPSA) is 182 Å². The zero-order valence-corrected chi connectivity index (χ0v) is 14.0. The zero-order valence-electron chi connectivity index (χ0n) is 13.1. The molecule has 1 aromatic heterocycles. The molecule has 0 unspecified atom stereocenters. The Balaban J connectivity index is 1.54. The molecule has 5 atom stereocenters. The molecule has 0 spiro atoms. The summed E-state index contributed by atoms with van der Waals surface area (Å²) < 4.78 is 22.3. The van der Waals surface area contributed by atoms with Crippen LogP contribution in [0.25, 0.3) is 0 Å². The summed E-state index contributed by atoms with van der Waals surface area (Å²) in [5.41, 5.74) is 0.330. The number of aromatic nitrogens is 2. The Kier molecular flexibility index (Phi) is 4.21. The van der Waals surface area contributed by atoms with Crippen LogP contribution in [0.3, 0.4) is 0 Å². The van der Waals surface area contributed by atoms with Crippen LogP contribution >= 0.6 is 7.82 Å². The van der Waals surface area contributed by atoms with Crippen molar-refractivity contribution in [3.8, 4) is 0 Å². The van der Waals surface area contributed by atoms with Crippen molar-refractivity contribution in [1.82, 2.24) is 14.5 Å². The average Bonchev–Trinajstić information content (AvgIpc) is 3.22. The Morgan fingerprint density at radius 3 is 2.85 bits per heavy atom. The molecule has 0 aliphatic carbocycles. The number of amidine groups is 1. The summed E-state index contributed by atoms with van der Waals surface area (Å²) in [6, 6.07) is 0. The number of nitrogens with zero attached hydrogens (tertiary/aromatic N) is 5. The smallest absolute Gasteiger partial charge is 0.390 e. The molecule has 0 saturated carbocycles. The SMILES string of the molecule is O=P(O)(O)OC[C@H]1O[C@@H](n2cnc3c2N=CN2C3=N[C@@H](O)[C@@H]2O)C[C@@H]1O. The van der Waals surface area contributed by atoms with Crippen molar-refractivity contribution >= 4 is 25.8 Å². The number of imidazole rings is 1. The van der Waals surface area contributed by atoms with Crippen LogP contribution in [0.2, 0.25) is 0 Å². The molecule has 0 amide bonds. The van der Waals surface area contributed by atoms with Gasteiger partial charge in [-0.1, -0.05) is 0 Å². The van der Waals surface area contributed by atoms with Gasteiger partial charge in [0.25, 0.3) is 0 Å². The van der Waals surface area contributed by atoms with Crippen molar-refractivity contribution < 1.29 is 38.9 Å². The van der Waals surface area contributed by atoms with Gasteiger partial charge in [0.2, 0.25) is 0 Å². The molecule has 0 radical (unpaired) electrons. The number of phosphoric acid groups is 1. The van der Waals surface area contributed by atoms with Gasteiger partial charge in [-0.3, -0.25) is 14.0 Å². The molecule has 3 aliphatic rings. The summed E-state index contributed by atoms with van der Waals surface area (Å²) >= 11 is 0. The van der Waals surface area contributed by atoms with Gasteiger partial charge in [0.1, 0.15) is 18.7 Å². The number of hydrogen-bond donors (Lipinski definition) is 5. The van der Waals surface area contributed by atoms with Crippen molar-refractivity contribution in [2.45, 2.75) is 37.3 Å². The molecular weight excluding hydrogens is 373 g/mol. The Hall–Kier alpha value is -1.70. The highest BCUT2D eigenvalue weighted by molar-refractivity contribution is 7.46. The van der Waals surface area contributed by atoms with Gasteiger partial charge in [-0.15, -0.1) is 0 Å². The number of fused-ring (bicyclic) bond motifs is 3. The normalized spacial score (nSPS) is 33.3. The van der Waals surface area contributed by atoms with Gasteiger partial charge in [-0.2, -0.15) is 0 Å². The number of ether oxygens (including phenoxy) is 1. The molecule has 0 bridgehead atoms. The lowest BCUT2D eigenvalue weighted by atomic mass is 10.2. The minimum absolute atomic E-state index is 0.134. The van der Waals surface area contributed by atoms with Crippen molar-refractivity contribution in [3.05, 3.63) is 12.0 Å². The van der Waals surface area contributed by atoms with Gasteiger partial charge in [-0.25, -0.2) is 19.5 Å². The second-order valence-corrected chi connectivity index (χ2v) is 7.21. The van der Waals surface area contributed by atoms with Crippen LogP contribution in [0, 0.1) is 0 Å². The highest BCUT2D eigenvalue weighted by atomic mass is 31.2. The lowest BCUT2D eigenvalue weighted by molar-refractivity contribution is -0.0430. The van der Waals surface area contributed by atoms with E-state index in [1.54, 1.807) is 0 Å². The predicted octanol–water partition coefficient (Wildman–Crippen LogP) is -1.99. The van der Waals surface area contributed by atoms with Crippen LogP contribution in [0.5, 0.6) is 0 Å². The lowest BCUT2D eigenvalue weighted by Gasteiger charge is -2.23. The van der Waals surface area contributed by atoms with Crippen molar-refractivity contribution in [2.24, 2.45) is 9.98 Å². The monoisotopic (exact) mass is 389 g/mol. The van der Waals surface area contributed by atoms with Crippen LogP contribution in [-0.4, -0.2) is 83.0 Å². The Morgan fingerprint density at radius 2 is 2.12 bits per heavy atom.